The monoisotopic (exact) mass is 347 g/mol. The van der Waals surface area contributed by atoms with Gasteiger partial charge in [-0.15, -0.1) is 0 Å². The number of hydrogen-bond donors (Lipinski definition) is 0. The summed E-state index contributed by atoms with van der Waals surface area (Å²) in [6.45, 7) is 0. The van der Waals surface area contributed by atoms with Gasteiger partial charge in [0.05, 0.1) is 5.69 Å². The Morgan fingerprint density at radius 3 is 2.67 bits per heavy atom. The fourth-order valence-electron chi connectivity index (χ4n) is 0.753. The maximum Gasteiger partial charge on any atom is 0.280 e. The van der Waals surface area contributed by atoms with Crippen LogP contribution in [0, 0.1) is 3.57 Å². The molecule has 0 spiro atoms. The van der Waals surface area contributed by atoms with Crippen LogP contribution >= 0.6 is 38.5 Å². The van der Waals surface area contributed by atoms with Gasteiger partial charge in [0, 0.05) is 8.90 Å². The number of pyridine rings is 1. The maximum absolute atomic E-state index is 12.2. The zero-order valence-electron chi connectivity index (χ0n) is 5.90. The highest BCUT2D eigenvalue weighted by molar-refractivity contribution is 14.1. The molecule has 0 N–H and O–H groups in total. The molecule has 1 heterocycles. The molecule has 0 fully saturated rings. The van der Waals surface area contributed by atoms with Crippen LogP contribution in [0.3, 0.4) is 0 Å². The highest BCUT2D eigenvalue weighted by Gasteiger charge is 2.10. The molecule has 66 valence electrons. The van der Waals surface area contributed by atoms with Gasteiger partial charge in [0.1, 0.15) is 5.69 Å². The van der Waals surface area contributed by atoms with E-state index in [4.69, 9.17) is 0 Å². The van der Waals surface area contributed by atoms with E-state index >= 15 is 0 Å². The van der Waals surface area contributed by atoms with Gasteiger partial charge in [-0.05, 0) is 34.7 Å². The van der Waals surface area contributed by atoms with Gasteiger partial charge in [-0.1, -0.05) is 15.9 Å². The predicted octanol–water partition coefficient (Wildman–Crippen LogP) is 3.52. The lowest BCUT2D eigenvalue weighted by Gasteiger charge is -2.02. The molecule has 0 aliphatic rings. The van der Waals surface area contributed by atoms with Crippen molar-refractivity contribution in [2.24, 2.45) is 0 Å². The summed E-state index contributed by atoms with van der Waals surface area (Å²) in [4.78, 5) is 3.75. The average Bonchev–Trinajstić information content (AvgIpc) is 2.03. The van der Waals surface area contributed by atoms with E-state index in [0.29, 0.717) is 11.0 Å². The first kappa shape index (κ1) is 10.3. The lowest BCUT2D eigenvalue weighted by Crippen LogP contribution is -1.95. The molecule has 0 bridgehead atoms. The highest BCUT2D eigenvalue weighted by Crippen LogP contribution is 2.20. The van der Waals surface area contributed by atoms with E-state index in [9.17, 15) is 8.78 Å². The Labute approximate surface area is 90.8 Å². The first-order chi connectivity index (χ1) is 5.63. The van der Waals surface area contributed by atoms with Crippen molar-refractivity contribution in [2.45, 2.75) is 11.8 Å². The zero-order valence-corrected chi connectivity index (χ0v) is 9.64. The molecule has 0 unspecified atom stereocenters. The van der Waals surface area contributed by atoms with Crippen LogP contribution in [0.4, 0.5) is 8.78 Å². The van der Waals surface area contributed by atoms with Crippen molar-refractivity contribution in [3.63, 3.8) is 0 Å². The molecular weight excluding hydrogens is 343 g/mol. The predicted molar refractivity (Wildman–Crippen MR) is 54.5 cm³/mol. The topological polar surface area (TPSA) is 12.9 Å². The van der Waals surface area contributed by atoms with E-state index in [1.54, 1.807) is 6.07 Å². The summed E-state index contributed by atoms with van der Waals surface area (Å²) < 4.78 is 25.1. The number of nitrogens with zero attached hydrogens (tertiary/aromatic N) is 1. The number of rotatable bonds is 2. The highest BCUT2D eigenvalue weighted by atomic mass is 127. The van der Waals surface area contributed by atoms with Crippen molar-refractivity contribution in [1.82, 2.24) is 4.98 Å². The Morgan fingerprint density at radius 1 is 1.50 bits per heavy atom. The SMILES string of the molecule is FC(F)c1cc(I)cc(CBr)n1. The largest absolute Gasteiger partial charge is 0.280 e. The molecule has 1 aromatic rings. The summed E-state index contributed by atoms with van der Waals surface area (Å²) in [7, 11) is 0. The number of aromatic nitrogens is 1. The van der Waals surface area contributed by atoms with Crippen molar-refractivity contribution in [3.8, 4) is 0 Å². The summed E-state index contributed by atoms with van der Waals surface area (Å²) in [5.41, 5.74) is 0.480. The lowest BCUT2D eigenvalue weighted by molar-refractivity contribution is 0.146. The van der Waals surface area contributed by atoms with Gasteiger partial charge < -0.3 is 0 Å². The average molecular weight is 348 g/mol. The normalized spacial score (nSPS) is 10.8. The van der Waals surface area contributed by atoms with Gasteiger partial charge in [0.15, 0.2) is 0 Å². The van der Waals surface area contributed by atoms with Crippen molar-refractivity contribution in [2.75, 3.05) is 0 Å². The molecule has 0 aliphatic heterocycles. The van der Waals surface area contributed by atoms with Crippen LogP contribution in [-0.2, 0) is 5.33 Å². The van der Waals surface area contributed by atoms with E-state index in [1.165, 1.54) is 6.07 Å². The minimum atomic E-state index is -2.49. The van der Waals surface area contributed by atoms with E-state index < -0.39 is 6.43 Å². The van der Waals surface area contributed by atoms with Crippen molar-refractivity contribution < 1.29 is 8.78 Å². The molecule has 1 nitrogen and oxygen atoms in total. The van der Waals surface area contributed by atoms with E-state index in [1.807, 2.05) is 22.6 Å². The Hall–Kier alpha value is 0.220. The molecule has 0 radical (unpaired) electrons. The van der Waals surface area contributed by atoms with Gasteiger partial charge in [0.25, 0.3) is 6.43 Å². The van der Waals surface area contributed by atoms with Crippen LogP contribution < -0.4 is 0 Å². The van der Waals surface area contributed by atoms with Gasteiger partial charge in [-0.3, -0.25) is 4.98 Å². The fraction of sp³-hybridized carbons (Fsp3) is 0.286. The summed E-state index contributed by atoms with van der Waals surface area (Å²) >= 11 is 5.16. The Bertz CT molecular complexity index is 280. The number of alkyl halides is 3. The second-order valence-electron chi connectivity index (χ2n) is 2.14. The van der Waals surface area contributed by atoms with Crippen LogP contribution in [0.1, 0.15) is 17.8 Å². The minimum Gasteiger partial charge on any atom is -0.251 e. The summed E-state index contributed by atoms with van der Waals surface area (Å²) in [6, 6.07) is 3.15. The first-order valence-electron chi connectivity index (χ1n) is 3.14. The number of halogens is 4. The standard InChI is InChI=1S/C7H5BrF2IN/c8-3-5-1-4(11)2-6(12-5)7(9)10/h1-2,7H,3H2. The summed E-state index contributed by atoms with van der Waals surface area (Å²) in [5, 5.41) is 0.504. The Morgan fingerprint density at radius 2 is 2.17 bits per heavy atom. The molecule has 5 heteroatoms. The number of hydrogen-bond acceptors (Lipinski definition) is 1. The molecule has 12 heavy (non-hydrogen) atoms. The Balaban J connectivity index is 3.06. The third-order valence-corrected chi connectivity index (χ3v) is 2.42. The van der Waals surface area contributed by atoms with E-state index in [-0.39, 0.29) is 5.69 Å². The zero-order chi connectivity index (χ0) is 9.14. The molecule has 0 atom stereocenters. The molecule has 0 saturated heterocycles. The second-order valence-corrected chi connectivity index (χ2v) is 3.94. The van der Waals surface area contributed by atoms with Crippen LogP contribution in [-0.4, -0.2) is 4.98 Å². The molecule has 0 amide bonds. The summed E-state index contributed by atoms with van der Waals surface area (Å²) in [6.07, 6.45) is -2.49. The minimum absolute atomic E-state index is 0.156. The van der Waals surface area contributed by atoms with Crippen LogP contribution in [0.2, 0.25) is 0 Å². The quantitative estimate of drug-likeness (QED) is 0.589. The van der Waals surface area contributed by atoms with Crippen molar-refractivity contribution in [1.29, 1.82) is 0 Å². The van der Waals surface area contributed by atoms with E-state index in [2.05, 4.69) is 20.9 Å². The molecule has 0 saturated carbocycles. The van der Waals surface area contributed by atoms with Crippen LogP contribution in [0.5, 0.6) is 0 Å². The maximum atomic E-state index is 12.2. The van der Waals surface area contributed by atoms with Crippen molar-refractivity contribution >= 4 is 38.5 Å². The van der Waals surface area contributed by atoms with Crippen molar-refractivity contribution in [3.05, 3.63) is 27.1 Å². The van der Waals surface area contributed by atoms with Crippen LogP contribution in [0.15, 0.2) is 12.1 Å². The fourth-order valence-corrected chi connectivity index (χ4v) is 1.72. The third kappa shape index (κ3) is 2.62. The molecule has 1 aromatic heterocycles. The molecule has 0 aromatic carbocycles. The van der Waals surface area contributed by atoms with Gasteiger partial charge in [0.2, 0.25) is 0 Å². The molecule has 0 aliphatic carbocycles. The smallest absolute Gasteiger partial charge is 0.251 e. The van der Waals surface area contributed by atoms with Gasteiger partial charge in [-0.25, -0.2) is 8.78 Å². The molecule has 1 rings (SSSR count). The van der Waals surface area contributed by atoms with Crippen LogP contribution in [0.25, 0.3) is 0 Å². The van der Waals surface area contributed by atoms with Gasteiger partial charge >= 0.3 is 0 Å². The second kappa shape index (κ2) is 4.45. The van der Waals surface area contributed by atoms with E-state index in [0.717, 1.165) is 3.57 Å². The first-order valence-corrected chi connectivity index (χ1v) is 5.34. The Kier molecular flexibility index (Phi) is 3.82. The summed E-state index contributed by atoms with van der Waals surface area (Å²) in [5.74, 6) is 0. The third-order valence-electron chi connectivity index (χ3n) is 1.22. The van der Waals surface area contributed by atoms with Gasteiger partial charge in [-0.2, -0.15) is 0 Å². The molecular formula is C7H5BrF2IN. The lowest BCUT2D eigenvalue weighted by atomic mass is 10.3.